The summed E-state index contributed by atoms with van der Waals surface area (Å²) in [5.41, 5.74) is 1.15. The third-order valence-corrected chi connectivity index (χ3v) is 3.10. The number of amides is 2. The average molecular weight is 330 g/mol. The predicted octanol–water partition coefficient (Wildman–Crippen LogP) is 4.08. The van der Waals surface area contributed by atoms with Gasteiger partial charge in [-0.2, -0.15) is 0 Å². The lowest BCUT2D eigenvalue weighted by molar-refractivity contribution is -0.117. The molecule has 0 saturated heterocycles. The molecular weight excluding hydrogens is 311 g/mol. The van der Waals surface area contributed by atoms with Crippen LogP contribution in [0.5, 0.6) is 0 Å². The third-order valence-electron chi connectivity index (χ3n) is 3.10. The Kier molecular flexibility index (Phi) is 7.98. The van der Waals surface area contributed by atoms with Crippen LogP contribution in [0.2, 0.25) is 0 Å². The summed E-state index contributed by atoms with van der Waals surface area (Å²) in [6.07, 6.45) is 7.31. The van der Waals surface area contributed by atoms with E-state index >= 15 is 0 Å². The Balaban J connectivity index is 2.60. The first-order valence-electron chi connectivity index (χ1n) is 7.39. The van der Waals surface area contributed by atoms with Gasteiger partial charge in [-0.15, -0.1) is 4.91 Å². The molecule has 0 spiro atoms. The van der Waals surface area contributed by atoms with Crippen molar-refractivity contribution < 1.29 is 14.0 Å². The third kappa shape index (κ3) is 6.91. The Bertz CT molecular complexity index is 676. The normalized spacial score (nSPS) is 13.2. The molecule has 0 bridgehead atoms. The quantitative estimate of drug-likeness (QED) is 0.465. The minimum atomic E-state index is -0.753. The van der Waals surface area contributed by atoms with Gasteiger partial charge in [0.15, 0.2) is 0 Å². The van der Waals surface area contributed by atoms with Crippen LogP contribution < -0.4 is 5.32 Å². The van der Waals surface area contributed by atoms with Crippen LogP contribution in [0.1, 0.15) is 19.4 Å². The van der Waals surface area contributed by atoms with Crippen molar-refractivity contribution in [2.24, 2.45) is 11.1 Å². The van der Waals surface area contributed by atoms with Crippen LogP contribution in [0, 0.1) is 10.8 Å². The molecule has 1 atom stereocenters. The number of nitrogens with zero attached hydrogens (tertiary/aromatic N) is 1. The molecule has 1 aromatic carbocycles. The summed E-state index contributed by atoms with van der Waals surface area (Å²) in [6.45, 7) is 3.43. The van der Waals surface area contributed by atoms with Gasteiger partial charge < -0.3 is 5.32 Å². The van der Waals surface area contributed by atoms with E-state index in [1.54, 1.807) is 50.3 Å². The Morgan fingerprint density at radius 3 is 2.54 bits per heavy atom. The molecule has 0 radical (unpaired) electrons. The number of hydrogen-bond acceptors (Lipinski definition) is 3. The first-order valence-corrected chi connectivity index (χ1v) is 7.39. The summed E-state index contributed by atoms with van der Waals surface area (Å²) in [7, 11) is 0. The van der Waals surface area contributed by atoms with Gasteiger partial charge in [-0.05, 0) is 36.8 Å². The summed E-state index contributed by atoms with van der Waals surface area (Å²) in [5.74, 6) is -1.98. The zero-order chi connectivity index (χ0) is 17.9. The molecule has 24 heavy (non-hydrogen) atoms. The summed E-state index contributed by atoms with van der Waals surface area (Å²) >= 11 is 0. The molecule has 1 unspecified atom stereocenters. The number of hydrogen-bond donors (Lipinski definition) is 1. The maximum atomic E-state index is 13.6. The monoisotopic (exact) mass is 330 g/mol. The van der Waals surface area contributed by atoms with Crippen molar-refractivity contribution in [1.82, 2.24) is 0 Å². The number of halogens is 1. The fourth-order valence-corrected chi connectivity index (χ4v) is 1.76. The SMILES string of the molecule is C/C=C\C=C(\F)C(C)/C=C/C(=O)Nc1ccc(CC(=O)N=O)cc1. The lowest BCUT2D eigenvalue weighted by atomic mass is 10.1. The van der Waals surface area contributed by atoms with E-state index in [0.29, 0.717) is 11.3 Å². The minimum Gasteiger partial charge on any atom is -0.323 e. The maximum absolute atomic E-state index is 13.6. The van der Waals surface area contributed by atoms with Crippen molar-refractivity contribution in [1.29, 1.82) is 0 Å². The van der Waals surface area contributed by atoms with E-state index in [-0.39, 0.29) is 18.2 Å². The minimum absolute atomic E-state index is 0.0764. The van der Waals surface area contributed by atoms with Gasteiger partial charge in [-0.3, -0.25) is 9.59 Å². The fourth-order valence-electron chi connectivity index (χ4n) is 1.76. The van der Waals surface area contributed by atoms with Crippen LogP contribution in [0.4, 0.5) is 10.1 Å². The van der Waals surface area contributed by atoms with Gasteiger partial charge in [0.25, 0.3) is 5.91 Å². The first kappa shape index (κ1) is 19.2. The average Bonchev–Trinajstić information content (AvgIpc) is 2.59. The molecule has 0 aromatic heterocycles. The molecule has 1 N–H and O–H groups in total. The molecule has 0 aliphatic carbocycles. The highest BCUT2D eigenvalue weighted by Gasteiger charge is 2.06. The zero-order valence-electron chi connectivity index (χ0n) is 13.5. The van der Waals surface area contributed by atoms with E-state index in [1.165, 1.54) is 18.2 Å². The summed E-state index contributed by atoms with van der Waals surface area (Å²) in [5, 5.41) is 4.94. The lowest BCUT2D eigenvalue weighted by Crippen LogP contribution is -2.08. The zero-order valence-corrected chi connectivity index (χ0v) is 13.5. The number of carbonyl (C=O) groups is 2. The summed E-state index contributed by atoms with van der Waals surface area (Å²) in [6, 6.07) is 6.44. The predicted molar refractivity (Wildman–Crippen MR) is 91.9 cm³/mol. The molecule has 1 rings (SSSR count). The molecular formula is C18H19FN2O3. The van der Waals surface area contributed by atoms with Crippen LogP contribution in [-0.2, 0) is 16.0 Å². The van der Waals surface area contributed by atoms with E-state index in [9.17, 15) is 18.9 Å². The molecule has 2 amide bonds. The molecule has 0 aliphatic rings. The largest absolute Gasteiger partial charge is 0.323 e. The number of nitrogens with one attached hydrogen (secondary N) is 1. The second-order valence-electron chi connectivity index (χ2n) is 5.07. The van der Waals surface area contributed by atoms with E-state index in [1.807, 2.05) is 0 Å². The standard InChI is InChI=1S/C18H19FN2O3/c1-3-4-5-16(19)13(2)6-11-17(22)20-15-9-7-14(8-10-15)12-18(23)21-24/h3-11,13H,12H2,1-2H3,(H,20,22)/b4-3-,11-6+,16-5+. The van der Waals surface area contributed by atoms with Crippen LogP contribution in [0.15, 0.2) is 65.6 Å². The molecule has 5 nitrogen and oxygen atoms in total. The molecule has 0 saturated carbocycles. The van der Waals surface area contributed by atoms with Crippen LogP contribution in [0.25, 0.3) is 0 Å². The lowest BCUT2D eigenvalue weighted by Gasteiger charge is -2.05. The molecule has 1 aromatic rings. The second kappa shape index (κ2) is 9.99. The highest BCUT2D eigenvalue weighted by molar-refractivity contribution is 5.99. The topological polar surface area (TPSA) is 75.6 Å². The number of carbonyl (C=O) groups excluding carboxylic acids is 2. The van der Waals surface area contributed by atoms with Crippen molar-refractivity contribution in [3.05, 3.63) is 70.9 Å². The maximum Gasteiger partial charge on any atom is 0.290 e. The summed E-state index contributed by atoms with van der Waals surface area (Å²) < 4.78 is 13.6. The van der Waals surface area contributed by atoms with E-state index in [0.717, 1.165) is 0 Å². The molecule has 126 valence electrons. The van der Waals surface area contributed by atoms with Gasteiger partial charge in [0, 0.05) is 16.8 Å². The van der Waals surface area contributed by atoms with E-state index in [4.69, 9.17) is 0 Å². The number of rotatable bonds is 7. The smallest absolute Gasteiger partial charge is 0.290 e. The van der Waals surface area contributed by atoms with Gasteiger partial charge in [0.2, 0.25) is 5.91 Å². The number of benzene rings is 1. The molecule has 0 aliphatic heterocycles. The van der Waals surface area contributed by atoms with E-state index < -0.39 is 11.8 Å². The Hall–Kier alpha value is -2.89. The van der Waals surface area contributed by atoms with E-state index in [2.05, 4.69) is 10.5 Å². The van der Waals surface area contributed by atoms with Crippen LogP contribution in [-0.4, -0.2) is 11.8 Å². The molecule has 6 heteroatoms. The van der Waals surface area contributed by atoms with Gasteiger partial charge in [0.05, 0.1) is 6.42 Å². The van der Waals surface area contributed by atoms with Crippen molar-refractivity contribution in [3.63, 3.8) is 0 Å². The van der Waals surface area contributed by atoms with Crippen molar-refractivity contribution in [3.8, 4) is 0 Å². The molecule has 0 fully saturated rings. The highest BCUT2D eigenvalue weighted by atomic mass is 19.1. The summed E-state index contributed by atoms with van der Waals surface area (Å²) in [4.78, 5) is 32.8. The fraction of sp³-hybridized carbons (Fsp3) is 0.222. The van der Waals surface area contributed by atoms with Gasteiger partial charge in [-0.1, -0.05) is 37.3 Å². The molecule has 0 heterocycles. The van der Waals surface area contributed by atoms with Crippen LogP contribution in [0.3, 0.4) is 0 Å². The van der Waals surface area contributed by atoms with Gasteiger partial charge in [-0.25, -0.2) is 4.39 Å². The van der Waals surface area contributed by atoms with Crippen molar-refractivity contribution >= 4 is 17.5 Å². The Morgan fingerprint density at radius 1 is 1.29 bits per heavy atom. The van der Waals surface area contributed by atoms with Gasteiger partial charge in [0.1, 0.15) is 5.83 Å². The Morgan fingerprint density at radius 2 is 1.96 bits per heavy atom. The highest BCUT2D eigenvalue weighted by Crippen LogP contribution is 2.14. The number of allylic oxidation sites excluding steroid dienone is 5. The van der Waals surface area contributed by atoms with Crippen molar-refractivity contribution in [2.45, 2.75) is 20.3 Å². The number of nitroso groups, excluding NO2 is 1. The second-order valence-corrected chi connectivity index (χ2v) is 5.07. The first-order chi connectivity index (χ1) is 11.5. The van der Waals surface area contributed by atoms with Crippen LogP contribution >= 0.6 is 0 Å². The Labute approximate surface area is 139 Å². The number of anilines is 1. The van der Waals surface area contributed by atoms with Crippen molar-refractivity contribution in [2.75, 3.05) is 5.32 Å². The van der Waals surface area contributed by atoms with Gasteiger partial charge >= 0.3 is 0 Å².